The van der Waals surface area contributed by atoms with Crippen LogP contribution in [0.4, 0.5) is 0 Å². The van der Waals surface area contributed by atoms with Gasteiger partial charge in [0.1, 0.15) is 6.54 Å². The summed E-state index contributed by atoms with van der Waals surface area (Å²) in [5, 5.41) is 4.59. The first-order valence-electron chi connectivity index (χ1n) is 5.27. The van der Waals surface area contributed by atoms with E-state index in [2.05, 4.69) is 5.32 Å². The van der Waals surface area contributed by atoms with E-state index in [0.29, 0.717) is 13.2 Å². The van der Waals surface area contributed by atoms with Crippen molar-refractivity contribution in [3.63, 3.8) is 0 Å². The van der Waals surface area contributed by atoms with Crippen molar-refractivity contribution in [1.82, 2.24) is 9.88 Å². The molecule has 0 radical (unpaired) electrons. The Hall–Kier alpha value is -1.14. The van der Waals surface area contributed by atoms with Gasteiger partial charge in [0.05, 0.1) is 0 Å². The lowest BCUT2D eigenvalue weighted by molar-refractivity contribution is -0.123. The van der Waals surface area contributed by atoms with Crippen LogP contribution in [0.2, 0.25) is 0 Å². The molecule has 1 amide bonds. The summed E-state index contributed by atoms with van der Waals surface area (Å²) in [5.74, 6) is -0.104. The Morgan fingerprint density at radius 2 is 2.31 bits per heavy atom. The highest BCUT2D eigenvalue weighted by atomic mass is 32.1. The molecular weight excluding hydrogens is 228 g/mol. The maximum atomic E-state index is 11.6. The first-order chi connectivity index (χ1) is 7.75. The Balaban J connectivity index is 1.84. The van der Waals surface area contributed by atoms with E-state index >= 15 is 0 Å². The van der Waals surface area contributed by atoms with Crippen molar-refractivity contribution in [2.75, 3.05) is 13.2 Å². The molecule has 0 aromatic carbocycles. The highest BCUT2D eigenvalue weighted by Gasteiger charge is 2.16. The zero-order valence-electron chi connectivity index (χ0n) is 8.85. The Labute approximate surface area is 97.0 Å². The Morgan fingerprint density at radius 3 is 2.94 bits per heavy atom. The van der Waals surface area contributed by atoms with Crippen molar-refractivity contribution >= 4 is 17.2 Å². The molecule has 16 heavy (non-hydrogen) atoms. The third-order valence-electron chi connectivity index (χ3n) is 2.54. The second-order valence-electron chi connectivity index (χ2n) is 3.75. The highest BCUT2D eigenvalue weighted by molar-refractivity contribution is 7.07. The van der Waals surface area contributed by atoms with Gasteiger partial charge in [0.2, 0.25) is 5.91 Å². The van der Waals surface area contributed by atoms with Crippen LogP contribution in [-0.4, -0.2) is 29.7 Å². The minimum Gasteiger partial charge on any atom is -0.381 e. The van der Waals surface area contributed by atoms with Crippen LogP contribution in [0.3, 0.4) is 0 Å². The van der Waals surface area contributed by atoms with Gasteiger partial charge in [-0.05, 0) is 12.8 Å². The standard InChI is InChI=1S/C10H14N2O3S/c13-9(7-12-3-6-16-10(12)14)11-8-1-4-15-5-2-8/h3,6,8H,1-2,4-5,7H2,(H,11,13). The number of aromatic nitrogens is 1. The molecule has 1 aliphatic rings. The summed E-state index contributed by atoms with van der Waals surface area (Å²) in [6.45, 7) is 1.51. The predicted octanol–water partition coefficient (Wildman–Crippen LogP) is 0.205. The van der Waals surface area contributed by atoms with Gasteiger partial charge >= 0.3 is 4.87 Å². The molecule has 0 saturated carbocycles. The number of thiazole rings is 1. The van der Waals surface area contributed by atoms with E-state index in [-0.39, 0.29) is 23.4 Å². The van der Waals surface area contributed by atoms with E-state index in [4.69, 9.17) is 4.74 Å². The maximum Gasteiger partial charge on any atom is 0.307 e. The smallest absolute Gasteiger partial charge is 0.307 e. The van der Waals surface area contributed by atoms with Crippen LogP contribution in [0.5, 0.6) is 0 Å². The van der Waals surface area contributed by atoms with Crippen LogP contribution >= 0.6 is 11.3 Å². The molecule has 0 bridgehead atoms. The summed E-state index contributed by atoms with van der Waals surface area (Å²) >= 11 is 1.10. The van der Waals surface area contributed by atoms with Crippen LogP contribution in [0.1, 0.15) is 12.8 Å². The zero-order chi connectivity index (χ0) is 11.4. The van der Waals surface area contributed by atoms with E-state index in [0.717, 1.165) is 24.2 Å². The average molecular weight is 242 g/mol. The lowest BCUT2D eigenvalue weighted by atomic mass is 10.1. The second-order valence-corrected chi connectivity index (χ2v) is 4.61. The van der Waals surface area contributed by atoms with Crippen molar-refractivity contribution in [1.29, 1.82) is 0 Å². The van der Waals surface area contributed by atoms with Crippen LogP contribution in [0, 0.1) is 0 Å². The molecule has 0 atom stereocenters. The summed E-state index contributed by atoms with van der Waals surface area (Å²) in [7, 11) is 0. The van der Waals surface area contributed by atoms with Gasteiger partial charge in [-0.1, -0.05) is 11.3 Å². The molecule has 0 spiro atoms. The molecule has 6 heteroatoms. The first-order valence-corrected chi connectivity index (χ1v) is 6.15. The molecule has 0 unspecified atom stereocenters. The third-order valence-corrected chi connectivity index (χ3v) is 3.24. The first kappa shape index (κ1) is 11.3. The maximum absolute atomic E-state index is 11.6. The monoisotopic (exact) mass is 242 g/mol. The molecule has 1 fully saturated rings. The van der Waals surface area contributed by atoms with Crippen LogP contribution in [0.25, 0.3) is 0 Å². The molecular formula is C10H14N2O3S. The van der Waals surface area contributed by atoms with Crippen molar-refractivity contribution in [3.8, 4) is 0 Å². The van der Waals surface area contributed by atoms with E-state index in [9.17, 15) is 9.59 Å². The number of amides is 1. The number of hydrogen-bond acceptors (Lipinski definition) is 4. The number of carbonyl (C=O) groups is 1. The van der Waals surface area contributed by atoms with Crippen LogP contribution in [-0.2, 0) is 16.1 Å². The van der Waals surface area contributed by atoms with Crippen molar-refractivity contribution in [3.05, 3.63) is 21.2 Å². The minimum atomic E-state index is -0.104. The van der Waals surface area contributed by atoms with Crippen LogP contribution < -0.4 is 10.2 Å². The van der Waals surface area contributed by atoms with Gasteiger partial charge in [-0.15, -0.1) is 0 Å². The molecule has 1 N–H and O–H groups in total. The Kier molecular flexibility index (Phi) is 3.74. The fraction of sp³-hybridized carbons (Fsp3) is 0.600. The molecule has 2 rings (SSSR count). The van der Waals surface area contributed by atoms with Crippen molar-refractivity contribution < 1.29 is 9.53 Å². The van der Waals surface area contributed by atoms with Gasteiger partial charge in [0.15, 0.2) is 0 Å². The number of nitrogens with zero attached hydrogens (tertiary/aromatic N) is 1. The Bertz CT molecular complexity index is 406. The molecule has 1 saturated heterocycles. The van der Waals surface area contributed by atoms with Crippen molar-refractivity contribution in [2.24, 2.45) is 0 Å². The van der Waals surface area contributed by atoms with Gasteiger partial charge in [0, 0.05) is 30.8 Å². The van der Waals surface area contributed by atoms with E-state index in [1.807, 2.05) is 0 Å². The summed E-state index contributed by atoms with van der Waals surface area (Å²) in [6, 6.07) is 0.190. The zero-order valence-corrected chi connectivity index (χ0v) is 9.66. The average Bonchev–Trinajstić information content (AvgIpc) is 2.66. The SMILES string of the molecule is O=C(Cn1ccsc1=O)NC1CCOCC1. The second kappa shape index (κ2) is 5.27. The van der Waals surface area contributed by atoms with Crippen molar-refractivity contribution in [2.45, 2.75) is 25.4 Å². The van der Waals surface area contributed by atoms with Crippen LogP contribution in [0.15, 0.2) is 16.4 Å². The van der Waals surface area contributed by atoms with E-state index in [1.54, 1.807) is 11.6 Å². The molecule has 0 aliphatic carbocycles. The normalized spacial score (nSPS) is 17.2. The highest BCUT2D eigenvalue weighted by Crippen LogP contribution is 2.05. The lowest BCUT2D eigenvalue weighted by Crippen LogP contribution is -2.41. The molecule has 1 aromatic rings. The number of rotatable bonds is 3. The molecule has 1 aromatic heterocycles. The quantitative estimate of drug-likeness (QED) is 0.824. The lowest BCUT2D eigenvalue weighted by Gasteiger charge is -2.23. The minimum absolute atomic E-state index is 0.0953. The van der Waals surface area contributed by atoms with Gasteiger partial charge in [-0.25, -0.2) is 0 Å². The molecule has 2 heterocycles. The van der Waals surface area contributed by atoms with Gasteiger partial charge in [0.25, 0.3) is 0 Å². The topological polar surface area (TPSA) is 60.3 Å². The largest absolute Gasteiger partial charge is 0.381 e. The van der Waals surface area contributed by atoms with E-state index in [1.165, 1.54) is 4.57 Å². The summed E-state index contributed by atoms with van der Waals surface area (Å²) in [6.07, 6.45) is 3.34. The summed E-state index contributed by atoms with van der Waals surface area (Å²) < 4.78 is 6.62. The van der Waals surface area contributed by atoms with Gasteiger partial charge < -0.3 is 10.1 Å². The van der Waals surface area contributed by atoms with Gasteiger partial charge in [-0.2, -0.15) is 0 Å². The third kappa shape index (κ3) is 2.93. The van der Waals surface area contributed by atoms with Gasteiger partial charge in [-0.3, -0.25) is 14.2 Å². The number of hydrogen-bond donors (Lipinski definition) is 1. The molecule has 88 valence electrons. The van der Waals surface area contributed by atoms with E-state index < -0.39 is 0 Å². The molecule has 5 nitrogen and oxygen atoms in total. The summed E-state index contributed by atoms with van der Waals surface area (Å²) in [4.78, 5) is 22.8. The fourth-order valence-electron chi connectivity index (χ4n) is 1.68. The summed E-state index contributed by atoms with van der Waals surface area (Å²) in [5.41, 5.74) is 0. The number of ether oxygens (including phenoxy) is 1. The fourth-order valence-corrected chi connectivity index (χ4v) is 2.26. The Morgan fingerprint density at radius 1 is 1.56 bits per heavy atom. The predicted molar refractivity (Wildman–Crippen MR) is 60.6 cm³/mol. The number of nitrogens with one attached hydrogen (secondary N) is 1. The molecule has 1 aliphatic heterocycles. The number of carbonyl (C=O) groups excluding carboxylic acids is 1.